The zero-order valence-corrected chi connectivity index (χ0v) is 15.1. The highest BCUT2D eigenvalue weighted by Crippen LogP contribution is 2.57. The van der Waals surface area contributed by atoms with Crippen molar-refractivity contribution in [3.05, 3.63) is 131 Å². The van der Waals surface area contributed by atoms with Crippen molar-refractivity contribution in [2.45, 2.75) is 11.8 Å². The number of fused-ring (bicyclic) bond motifs is 2. The predicted molar refractivity (Wildman–Crippen MR) is 113 cm³/mol. The van der Waals surface area contributed by atoms with Gasteiger partial charge in [0.15, 0.2) is 0 Å². The quantitative estimate of drug-likeness (QED) is 0.575. The van der Waals surface area contributed by atoms with Crippen LogP contribution in [0.5, 0.6) is 0 Å². The molecule has 0 radical (unpaired) electrons. The summed E-state index contributed by atoms with van der Waals surface area (Å²) in [6.45, 7) is 0. The first-order valence-corrected chi connectivity index (χ1v) is 9.40. The molecule has 0 fully saturated rings. The van der Waals surface area contributed by atoms with Crippen LogP contribution in [0, 0.1) is 0 Å². The van der Waals surface area contributed by atoms with Crippen molar-refractivity contribution in [3.8, 4) is 0 Å². The Morgan fingerprint density at radius 2 is 1.37 bits per heavy atom. The number of hydrogen-bond donors (Lipinski definition) is 1. The van der Waals surface area contributed by atoms with E-state index in [0.717, 1.165) is 12.1 Å². The minimum absolute atomic E-state index is 0.342. The van der Waals surface area contributed by atoms with Crippen LogP contribution in [0.2, 0.25) is 0 Å². The van der Waals surface area contributed by atoms with E-state index in [1.807, 2.05) is 6.07 Å². The molecular formula is C26H21N. The Labute approximate surface area is 160 Å². The van der Waals surface area contributed by atoms with Gasteiger partial charge < -0.3 is 5.73 Å². The summed E-state index contributed by atoms with van der Waals surface area (Å²) in [5, 5.41) is 0. The Kier molecular flexibility index (Phi) is 3.61. The summed E-state index contributed by atoms with van der Waals surface area (Å²) < 4.78 is 0. The van der Waals surface area contributed by atoms with E-state index in [2.05, 4.69) is 97.1 Å². The number of hydrogen-bond acceptors (Lipinski definition) is 1. The maximum atomic E-state index is 6.52. The lowest BCUT2D eigenvalue weighted by molar-refractivity contribution is 0.761. The van der Waals surface area contributed by atoms with Gasteiger partial charge in [-0.2, -0.15) is 0 Å². The van der Waals surface area contributed by atoms with Gasteiger partial charge >= 0.3 is 0 Å². The molecule has 0 aliphatic heterocycles. The molecule has 0 aromatic heterocycles. The van der Waals surface area contributed by atoms with Crippen LogP contribution in [-0.4, -0.2) is 0 Å². The highest BCUT2D eigenvalue weighted by molar-refractivity contribution is 5.92. The normalized spacial score (nSPS) is 16.7. The fourth-order valence-corrected chi connectivity index (χ4v) is 4.74. The summed E-state index contributed by atoms with van der Waals surface area (Å²) in [5.41, 5.74) is 14.7. The molecule has 0 spiro atoms. The molecule has 0 bridgehead atoms. The van der Waals surface area contributed by atoms with Crippen LogP contribution < -0.4 is 5.73 Å². The maximum absolute atomic E-state index is 6.52. The van der Waals surface area contributed by atoms with Gasteiger partial charge in [-0.25, -0.2) is 0 Å². The summed E-state index contributed by atoms with van der Waals surface area (Å²) in [6, 6.07) is 28.0. The van der Waals surface area contributed by atoms with Crippen LogP contribution in [0.4, 0.5) is 5.69 Å². The average molecular weight is 347 g/mol. The van der Waals surface area contributed by atoms with Gasteiger partial charge in [-0.05, 0) is 40.3 Å². The highest BCUT2D eigenvalue weighted by atomic mass is 14.6. The van der Waals surface area contributed by atoms with E-state index in [1.54, 1.807) is 0 Å². The van der Waals surface area contributed by atoms with Gasteiger partial charge in [-0.1, -0.05) is 97.1 Å². The molecule has 2 aliphatic carbocycles. The van der Waals surface area contributed by atoms with Crippen LogP contribution in [0.1, 0.15) is 28.7 Å². The number of nitrogens with two attached hydrogens (primary N) is 1. The average Bonchev–Trinajstić information content (AvgIpc) is 2.84. The highest BCUT2D eigenvalue weighted by Gasteiger charge is 2.47. The Morgan fingerprint density at radius 1 is 0.704 bits per heavy atom. The van der Waals surface area contributed by atoms with Crippen molar-refractivity contribution in [1.29, 1.82) is 0 Å². The topological polar surface area (TPSA) is 26.0 Å². The minimum atomic E-state index is -0.342. The van der Waals surface area contributed by atoms with Gasteiger partial charge in [0.05, 0.1) is 5.41 Å². The molecule has 0 unspecified atom stereocenters. The Balaban J connectivity index is 1.97. The summed E-state index contributed by atoms with van der Waals surface area (Å²) >= 11 is 0. The van der Waals surface area contributed by atoms with Crippen LogP contribution in [0.25, 0.3) is 5.57 Å². The molecular weight excluding hydrogens is 326 g/mol. The fraction of sp³-hybridized carbons (Fsp3) is 0.0769. The molecule has 130 valence electrons. The van der Waals surface area contributed by atoms with Crippen molar-refractivity contribution in [2.24, 2.45) is 0 Å². The molecule has 27 heavy (non-hydrogen) atoms. The molecule has 0 atom stereocenters. The van der Waals surface area contributed by atoms with E-state index in [4.69, 9.17) is 5.73 Å². The summed E-state index contributed by atoms with van der Waals surface area (Å²) in [6.07, 6.45) is 9.69. The molecule has 0 saturated heterocycles. The van der Waals surface area contributed by atoms with Crippen molar-refractivity contribution in [2.75, 3.05) is 5.73 Å². The molecule has 3 aromatic carbocycles. The van der Waals surface area contributed by atoms with Gasteiger partial charge in [0.25, 0.3) is 0 Å². The van der Waals surface area contributed by atoms with Crippen molar-refractivity contribution in [1.82, 2.24) is 0 Å². The van der Waals surface area contributed by atoms with Crippen LogP contribution in [0.3, 0.4) is 0 Å². The van der Waals surface area contributed by atoms with E-state index < -0.39 is 0 Å². The molecule has 1 nitrogen and oxygen atoms in total. The molecule has 2 N–H and O–H groups in total. The van der Waals surface area contributed by atoms with Crippen molar-refractivity contribution >= 4 is 11.3 Å². The first-order chi connectivity index (χ1) is 13.3. The van der Waals surface area contributed by atoms with Gasteiger partial charge in [-0.3, -0.25) is 0 Å². The smallest absolute Gasteiger partial charge is 0.0711 e. The summed E-state index contributed by atoms with van der Waals surface area (Å²) in [7, 11) is 0. The molecule has 3 aromatic rings. The minimum Gasteiger partial charge on any atom is -0.398 e. The van der Waals surface area contributed by atoms with Gasteiger partial charge in [0.2, 0.25) is 0 Å². The molecule has 0 saturated carbocycles. The molecule has 0 heterocycles. The Morgan fingerprint density at radius 3 is 2.04 bits per heavy atom. The number of nitrogen functional groups attached to an aromatic ring is 1. The molecule has 1 heteroatoms. The van der Waals surface area contributed by atoms with Crippen LogP contribution in [0.15, 0.2) is 109 Å². The van der Waals surface area contributed by atoms with Crippen LogP contribution in [-0.2, 0) is 5.41 Å². The number of anilines is 1. The standard InChI is InChI=1S/C26H21N/c27-24-18-10-17-23-25(24)21-15-8-3-9-16-22(21)26(23,19-11-4-1-5-12-19)20-13-6-2-7-14-20/h1-14,16-18H,15,27H2. The van der Waals surface area contributed by atoms with E-state index in [9.17, 15) is 0 Å². The fourth-order valence-electron chi connectivity index (χ4n) is 4.74. The Hall–Kier alpha value is -3.32. The second-order valence-electron chi connectivity index (χ2n) is 7.14. The summed E-state index contributed by atoms with van der Waals surface area (Å²) in [4.78, 5) is 0. The third-order valence-corrected chi connectivity index (χ3v) is 5.78. The van der Waals surface area contributed by atoms with Gasteiger partial charge in [-0.15, -0.1) is 0 Å². The third kappa shape index (κ3) is 2.18. The third-order valence-electron chi connectivity index (χ3n) is 5.78. The van der Waals surface area contributed by atoms with E-state index >= 15 is 0 Å². The zero-order chi connectivity index (χ0) is 18.3. The number of benzene rings is 3. The Bertz CT molecular complexity index is 1050. The maximum Gasteiger partial charge on any atom is 0.0711 e. The molecule has 5 rings (SSSR count). The van der Waals surface area contributed by atoms with E-state index in [1.165, 1.54) is 33.4 Å². The van der Waals surface area contributed by atoms with E-state index in [0.29, 0.717) is 0 Å². The second-order valence-corrected chi connectivity index (χ2v) is 7.14. The van der Waals surface area contributed by atoms with Crippen molar-refractivity contribution in [3.63, 3.8) is 0 Å². The van der Waals surface area contributed by atoms with Gasteiger partial charge in [0, 0.05) is 11.3 Å². The first kappa shape index (κ1) is 15.9. The molecule has 0 amide bonds. The lowest BCUT2D eigenvalue weighted by Gasteiger charge is -2.35. The first-order valence-electron chi connectivity index (χ1n) is 9.40. The lowest BCUT2D eigenvalue weighted by atomic mass is 9.66. The SMILES string of the molecule is Nc1cccc2c1C1=C(C=CC=CC1)C2(c1ccccc1)c1ccccc1. The lowest BCUT2D eigenvalue weighted by Crippen LogP contribution is -2.29. The number of rotatable bonds is 2. The zero-order valence-electron chi connectivity index (χ0n) is 15.1. The largest absolute Gasteiger partial charge is 0.398 e. The number of allylic oxidation sites excluding steroid dienone is 6. The summed E-state index contributed by atoms with van der Waals surface area (Å²) in [5.74, 6) is 0. The molecule has 2 aliphatic rings. The van der Waals surface area contributed by atoms with E-state index in [-0.39, 0.29) is 5.41 Å². The van der Waals surface area contributed by atoms with Gasteiger partial charge in [0.1, 0.15) is 0 Å². The van der Waals surface area contributed by atoms with Crippen LogP contribution >= 0.6 is 0 Å². The monoisotopic (exact) mass is 347 g/mol. The second kappa shape index (κ2) is 6.14. The predicted octanol–water partition coefficient (Wildman–Crippen LogP) is 5.89. The van der Waals surface area contributed by atoms with Crippen molar-refractivity contribution < 1.29 is 0 Å².